The summed E-state index contributed by atoms with van der Waals surface area (Å²) in [6, 6.07) is 6.41. The van der Waals surface area contributed by atoms with Crippen molar-refractivity contribution in [3.63, 3.8) is 0 Å². The van der Waals surface area contributed by atoms with Gasteiger partial charge in [-0.2, -0.15) is 23.3 Å². The van der Waals surface area contributed by atoms with Crippen LogP contribution in [0.5, 0.6) is 0 Å². The molecule has 1 aliphatic rings. The summed E-state index contributed by atoms with van der Waals surface area (Å²) in [6.07, 6.45) is -1.97. The monoisotopic (exact) mass is 504 g/mol. The molecule has 1 aliphatic heterocycles. The number of hydrogen-bond donors (Lipinski definition) is 1. The van der Waals surface area contributed by atoms with E-state index < -0.39 is 18.9 Å². The van der Waals surface area contributed by atoms with Crippen molar-refractivity contribution in [2.24, 2.45) is 4.99 Å². The van der Waals surface area contributed by atoms with E-state index in [9.17, 15) is 17.6 Å². The lowest BCUT2D eigenvalue weighted by Crippen LogP contribution is -2.39. The van der Waals surface area contributed by atoms with Gasteiger partial charge in [0.25, 0.3) is 0 Å². The largest absolute Gasteiger partial charge is 0.406 e. The lowest BCUT2D eigenvalue weighted by Gasteiger charge is -2.26. The van der Waals surface area contributed by atoms with Gasteiger partial charge in [0.2, 0.25) is 11.7 Å². The third-order valence-electron chi connectivity index (χ3n) is 6.10. The smallest absolute Gasteiger partial charge is 0.363 e. The number of benzene rings is 1. The SMILES string of the molecule is CN1CC/C(=N\c2cccc3c2cc(-c2noc(CN(C)c4cn[nH]c4)n2)n3CC(F)(F)F)[C@@H](F)C1. The van der Waals surface area contributed by atoms with Crippen LogP contribution in [0.1, 0.15) is 12.3 Å². The molecule has 1 fully saturated rings. The fourth-order valence-corrected chi connectivity index (χ4v) is 4.28. The van der Waals surface area contributed by atoms with Crippen LogP contribution in [0.3, 0.4) is 0 Å². The van der Waals surface area contributed by atoms with Gasteiger partial charge in [0, 0.05) is 38.1 Å². The second-order valence-electron chi connectivity index (χ2n) is 8.85. The number of nitrogens with zero attached hydrogens (tertiary/aromatic N) is 7. The van der Waals surface area contributed by atoms with Crippen molar-refractivity contribution in [2.75, 3.05) is 32.1 Å². The van der Waals surface area contributed by atoms with E-state index in [4.69, 9.17) is 4.52 Å². The second-order valence-corrected chi connectivity index (χ2v) is 8.85. The number of aromatic nitrogens is 5. The van der Waals surface area contributed by atoms with E-state index in [1.807, 2.05) is 11.9 Å². The molecule has 3 aromatic heterocycles. The standard InChI is InChI=1S/C23H24F4N8O/c1-33-7-6-18(16(24)11-33)30-17-4-3-5-19-15(17)8-20(35(19)13-23(25,26)27)22-31-21(36-32-22)12-34(2)14-9-28-29-10-14/h3-5,8-10,16H,6-7,11-13H2,1-2H3,(H,28,29)/b30-18+/t16-/m0/s1. The van der Waals surface area contributed by atoms with Gasteiger partial charge >= 0.3 is 6.18 Å². The Balaban J connectivity index is 1.54. The summed E-state index contributed by atoms with van der Waals surface area (Å²) in [5.74, 6) is 0.247. The summed E-state index contributed by atoms with van der Waals surface area (Å²) in [7, 11) is 3.63. The van der Waals surface area contributed by atoms with Crippen LogP contribution in [-0.4, -0.2) is 75.0 Å². The zero-order chi connectivity index (χ0) is 25.4. The number of rotatable bonds is 6. The number of likely N-dealkylation sites (tertiary alicyclic amines) is 1. The number of nitrogens with one attached hydrogen (secondary N) is 1. The van der Waals surface area contributed by atoms with Crippen LogP contribution in [0.2, 0.25) is 0 Å². The lowest BCUT2D eigenvalue weighted by molar-refractivity contribution is -0.139. The summed E-state index contributed by atoms with van der Waals surface area (Å²) >= 11 is 0. The number of H-pyrrole nitrogens is 1. The summed E-state index contributed by atoms with van der Waals surface area (Å²) in [5.41, 5.74) is 2.00. The van der Waals surface area contributed by atoms with Crippen molar-refractivity contribution >= 4 is 28.0 Å². The first kappa shape index (κ1) is 24.0. The lowest BCUT2D eigenvalue weighted by atomic mass is 10.1. The van der Waals surface area contributed by atoms with Gasteiger partial charge in [0.15, 0.2) is 6.17 Å². The van der Waals surface area contributed by atoms with Crippen molar-refractivity contribution in [1.29, 1.82) is 0 Å². The quantitative estimate of drug-likeness (QED) is 0.393. The van der Waals surface area contributed by atoms with Gasteiger partial charge in [-0.1, -0.05) is 11.2 Å². The molecule has 1 atom stereocenters. The predicted molar refractivity (Wildman–Crippen MR) is 126 cm³/mol. The molecule has 190 valence electrons. The second kappa shape index (κ2) is 9.37. The van der Waals surface area contributed by atoms with E-state index in [2.05, 4.69) is 25.3 Å². The molecule has 1 aromatic carbocycles. The van der Waals surface area contributed by atoms with Gasteiger partial charge in [0.1, 0.15) is 6.54 Å². The Labute approximate surface area is 203 Å². The molecule has 1 N–H and O–H groups in total. The van der Waals surface area contributed by atoms with Gasteiger partial charge in [0.05, 0.1) is 41.0 Å². The molecule has 0 saturated carbocycles. The van der Waals surface area contributed by atoms with Gasteiger partial charge in [-0.05, 0) is 25.2 Å². The maximum absolute atomic E-state index is 14.6. The Morgan fingerprint density at radius 3 is 2.86 bits per heavy atom. The first-order chi connectivity index (χ1) is 17.2. The van der Waals surface area contributed by atoms with E-state index in [-0.39, 0.29) is 30.5 Å². The van der Waals surface area contributed by atoms with E-state index in [1.54, 1.807) is 48.6 Å². The number of hydrogen-bond acceptors (Lipinski definition) is 7. The van der Waals surface area contributed by atoms with Crippen molar-refractivity contribution in [1.82, 2.24) is 29.8 Å². The highest BCUT2D eigenvalue weighted by Gasteiger charge is 2.31. The summed E-state index contributed by atoms with van der Waals surface area (Å²) in [6.45, 7) is -0.124. The topological polar surface area (TPSA) is 91.4 Å². The first-order valence-corrected chi connectivity index (χ1v) is 11.3. The molecule has 1 saturated heterocycles. The Hall–Kier alpha value is -3.74. The maximum atomic E-state index is 14.6. The van der Waals surface area contributed by atoms with Crippen molar-refractivity contribution in [2.45, 2.75) is 31.9 Å². The Bertz CT molecular complexity index is 1370. The molecule has 36 heavy (non-hydrogen) atoms. The zero-order valence-electron chi connectivity index (χ0n) is 19.6. The van der Waals surface area contributed by atoms with E-state index in [0.717, 1.165) is 10.3 Å². The van der Waals surface area contributed by atoms with Gasteiger partial charge in [-0.25, -0.2) is 4.39 Å². The summed E-state index contributed by atoms with van der Waals surface area (Å²) in [4.78, 5) is 12.5. The van der Waals surface area contributed by atoms with E-state index in [0.29, 0.717) is 35.3 Å². The number of alkyl halides is 4. The number of fused-ring (bicyclic) bond motifs is 1. The van der Waals surface area contributed by atoms with Crippen molar-refractivity contribution in [3.8, 4) is 11.5 Å². The Kier molecular flexibility index (Phi) is 6.24. The number of anilines is 1. The molecule has 0 radical (unpaired) electrons. The normalized spacial score (nSPS) is 18.4. The van der Waals surface area contributed by atoms with Crippen LogP contribution < -0.4 is 4.90 Å². The molecule has 13 heteroatoms. The fourth-order valence-electron chi connectivity index (χ4n) is 4.28. The molecule has 0 amide bonds. The average Bonchev–Trinajstić information content (AvgIpc) is 3.56. The van der Waals surface area contributed by atoms with Gasteiger partial charge < -0.3 is 18.9 Å². The average molecular weight is 504 g/mol. The molecule has 0 bridgehead atoms. The molecule has 0 aliphatic carbocycles. The van der Waals surface area contributed by atoms with Crippen LogP contribution in [-0.2, 0) is 13.1 Å². The van der Waals surface area contributed by atoms with Crippen LogP contribution >= 0.6 is 0 Å². The first-order valence-electron chi connectivity index (χ1n) is 11.3. The minimum absolute atomic E-state index is 0.0207. The molecule has 9 nitrogen and oxygen atoms in total. The molecule has 0 unspecified atom stereocenters. The Morgan fingerprint density at radius 2 is 2.14 bits per heavy atom. The minimum Gasteiger partial charge on any atom is -0.363 e. The fraction of sp³-hybridized carbons (Fsp3) is 0.391. The van der Waals surface area contributed by atoms with Crippen LogP contribution in [0.25, 0.3) is 22.4 Å². The van der Waals surface area contributed by atoms with Crippen LogP contribution in [0, 0.1) is 0 Å². The molecule has 5 rings (SSSR count). The molecule has 4 heterocycles. The number of aromatic amines is 1. The maximum Gasteiger partial charge on any atom is 0.406 e. The van der Waals surface area contributed by atoms with Gasteiger partial charge in [-0.3, -0.25) is 10.1 Å². The molecular weight excluding hydrogens is 480 g/mol. The summed E-state index contributed by atoms with van der Waals surface area (Å²) in [5, 5.41) is 11.0. The third kappa shape index (κ3) is 4.96. The zero-order valence-corrected chi connectivity index (χ0v) is 19.6. The van der Waals surface area contributed by atoms with E-state index in [1.165, 1.54) is 0 Å². The number of halogens is 4. The number of aliphatic imine (C=N–C) groups is 1. The van der Waals surface area contributed by atoms with Crippen LogP contribution in [0.15, 0.2) is 46.2 Å². The van der Waals surface area contributed by atoms with Crippen molar-refractivity contribution < 1.29 is 22.1 Å². The minimum atomic E-state index is -4.49. The number of piperidine rings is 1. The van der Waals surface area contributed by atoms with E-state index >= 15 is 0 Å². The molecule has 0 spiro atoms. The van der Waals surface area contributed by atoms with Crippen LogP contribution in [0.4, 0.5) is 28.9 Å². The molecular formula is C23H24F4N8O. The highest BCUT2D eigenvalue weighted by molar-refractivity contribution is 5.99. The Morgan fingerprint density at radius 1 is 1.31 bits per heavy atom. The predicted octanol–water partition coefficient (Wildman–Crippen LogP) is 4.36. The van der Waals surface area contributed by atoms with Crippen molar-refractivity contribution in [3.05, 3.63) is 42.5 Å². The molecule has 4 aromatic rings. The third-order valence-corrected chi connectivity index (χ3v) is 6.10. The highest BCUT2D eigenvalue weighted by Crippen LogP contribution is 2.36. The van der Waals surface area contributed by atoms with Gasteiger partial charge in [-0.15, -0.1) is 0 Å². The highest BCUT2D eigenvalue weighted by atomic mass is 19.4. The summed E-state index contributed by atoms with van der Waals surface area (Å²) < 4.78 is 61.7.